The van der Waals surface area contributed by atoms with Gasteiger partial charge in [-0.05, 0) is 52.4 Å². The Balaban J connectivity index is 1.53. The van der Waals surface area contributed by atoms with Crippen molar-refractivity contribution in [1.29, 1.82) is 0 Å². The molecule has 15 heteroatoms. The highest BCUT2D eigenvalue weighted by Crippen LogP contribution is 2.51. The Morgan fingerprint density at radius 2 is 1.87 bits per heavy atom. The molecule has 3 aliphatic rings. The predicted molar refractivity (Wildman–Crippen MR) is 172 cm³/mol. The van der Waals surface area contributed by atoms with Gasteiger partial charge in [-0.15, -0.1) is 0 Å². The van der Waals surface area contributed by atoms with E-state index >= 15 is 4.39 Å². The van der Waals surface area contributed by atoms with Gasteiger partial charge in [-0.2, -0.15) is 23.1 Å². The Kier molecular flexibility index (Phi) is 9.33. The van der Waals surface area contributed by atoms with Crippen molar-refractivity contribution in [3.8, 4) is 23.0 Å². The molecule has 1 aromatic carbocycles. The average molecular weight is 682 g/mol. The molecule has 0 bridgehead atoms. The number of hydrogen-bond acceptors (Lipinski definition) is 10. The van der Waals surface area contributed by atoms with E-state index in [9.17, 15) is 13.2 Å². The maximum Gasteiger partial charge on any atom is 0.418 e. The summed E-state index contributed by atoms with van der Waals surface area (Å²) < 4.78 is 78.1. The number of anilines is 2. The van der Waals surface area contributed by atoms with Gasteiger partial charge in [-0.25, -0.2) is 9.37 Å². The summed E-state index contributed by atoms with van der Waals surface area (Å²) in [6.07, 6.45) is -2.41. The van der Waals surface area contributed by atoms with E-state index in [2.05, 4.69) is 14.9 Å². The summed E-state index contributed by atoms with van der Waals surface area (Å²) in [4.78, 5) is 19.7. The molecule has 2 N–H and O–H groups in total. The summed E-state index contributed by atoms with van der Waals surface area (Å²) in [6.45, 7) is 8.79. The largest absolute Gasteiger partial charge is 0.491 e. The number of likely N-dealkylation sites (N-methyl/N-ethyl adjacent to an activating group) is 1. The smallest absolute Gasteiger partial charge is 0.418 e. The lowest BCUT2D eigenvalue weighted by atomic mass is 9.98. The normalized spacial score (nSPS) is 19.9. The van der Waals surface area contributed by atoms with Crippen LogP contribution in [-0.2, 0) is 10.9 Å². The lowest BCUT2D eigenvalue weighted by Gasteiger charge is -2.35. The zero-order chi connectivity index (χ0) is 33.7. The first-order chi connectivity index (χ1) is 22.3. The van der Waals surface area contributed by atoms with E-state index in [1.54, 1.807) is 0 Å². The van der Waals surface area contributed by atoms with Crippen molar-refractivity contribution in [1.82, 2.24) is 24.8 Å². The first-order valence-corrected chi connectivity index (χ1v) is 16.2. The number of rotatable bonds is 9. The predicted octanol–water partition coefficient (Wildman–Crippen LogP) is 5.42. The molecular formula is C32H40ClF4N7O3. The Bertz CT molecular complexity index is 1650. The molecule has 4 heterocycles. The number of nitrogens with two attached hydrogens (primary N) is 1. The van der Waals surface area contributed by atoms with Crippen LogP contribution in [0.5, 0.6) is 11.8 Å². The number of alkyl halides is 3. The average Bonchev–Trinajstić information content (AvgIpc) is 3.75. The summed E-state index contributed by atoms with van der Waals surface area (Å²) >= 11 is 6.82. The molecule has 1 atom stereocenters. The standard InChI is InChI=1S/C32H40ClF4N7O3/c1-18-15-20(38)39-26(23(18)32(35,36)37)21-24(33)28-22-27(25(21)34)40-30(47-17-31(6-7-31)16-43-10-13-45-14-11-43)41-29(22)44(9-8-42(3)4)19(2)5-12-46-28/h15,19H,5-14,16-17H2,1-4H3,(H2,38,39)/t19-/m1/s1. The number of hydrogen-bond donors (Lipinski definition) is 1. The summed E-state index contributed by atoms with van der Waals surface area (Å²) in [5.41, 5.74) is 2.85. The van der Waals surface area contributed by atoms with Crippen LogP contribution in [0, 0.1) is 18.2 Å². The van der Waals surface area contributed by atoms with Crippen LogP contribution in [-0.4, -0.2) is 104 Å². The Labute approximate surface area is 276 Å². The summed E-state index contributed by atoms with van der Waals surface area (Å²) in [7, 11) is 3.89. The van der Waals surface area contributed by atoms with E-state index < -0.39 is 28.8 Å². The molecule has 10 nitrogen and oxygen atoms in total. The van der Waals surface area contributed by atoms with Crippen molar-refractivity contribution in [2.45, 2.75) is 45.3 Å². The molecule has 6 rings (SSSR count). The van der Waals surface area contributed by atoms with Gasteiger partial charge in [0.25, 0.3) is 0 Å². The molecule has 0 amide bonds. The van der Waals surface area contributed by atoms with Crippen LogP contribution in [0.2, 0.25) is 5.02 Å². The number of ether oxygens (including phenoxy) is 3. The fourth-order valence-electron chi connectivity index (χ4n) is 6.39. The van der Waals surface area contributed by atoms with Gasteiger partial charge >= 0.3 is 12.2 Å². The number of benzene rings is 1. The molecule has 3 aromatic rings. The van der Waals surface area contributed by atoms with Crippen LogP contribution in [0.25, 0.3) is 22.2 Å². The molecule has 1 saturated heterocycles. The van der Waals surface area contributed by atoms with Gasteiger partial charge in [0.2, 0.25) is 0 Å². The monoisotopic (exact) mass is 681 g/mol. The van der Waals surface area contributed by atoms with E-state index in [0.29, 0.717) is 45.1 Å². The zero-order valence-electron chi connectivity index (χ0n) is 27.0. The van der Waals surface area contributed by atoms with Crippen molar-refractivity contribution >= 4 is 34.1 Å². The third-order valence-electron chi connectivity index (χ3n) is 9.20. The minimum atomic E-state index is -4.88. The molecule has 0 radical (unpaired) electrons. The molecule has 47 heavy (non-hydrogen) atoms. The quantitative estimate of drug-likeness (QED) is 0.295. The highest BCUT2D eigenvalue weighted by atomic mass is 35.5. The zero-order valence-corrected chi connectivity index (χ0v) is 27.8. The van der Waals surface area contributed by atoms with E-state index in [4.69, 9.17) is 36.5 Å². The van der Waals surface area contributed by atoms with Crippen LogP contribution in [0.3, 0.4) is 0 Å². The topological polar surface area (TPSA) is 102 Å². The van der Waals surface area contributed by atoms with Gasteiger partial charge in [0.1, 0.15) is 17.2 Å². The first-order valence-electron chi connectivity index (χ1n) is 15.8. The Morgan fingerprint density at radius 3 is 2.53 bits per heavy atom. The highest BCUT2D eigenvalue weighted by molar-refractivity contribution is 6.36. The fourth-order valence-corrected chi connectivity index (χ4v) is 6.72. The third kappa shape index (κ3) is 6.87. The lowest BCUT2D eigenvalue weighted by Crippen LogP contribution is -2.41. The van der Waals surface area contributed by atoms with Crippen LogP contribution >= 0.6 is 11.6 Å². The van der Waals surface area contributed by atoms with E-state index in [1.165, 1.54) is 6.92 Å². The minimum absolute atomic E-state index is 0.0117. The molecule has 2 aromatic heterocycles. The first kappa shape index (κ1) is 33.7. The lowest BCUT2D eigenvalue weighted by molar-refractivity contribution is -0.137. The van der Waals surface area contributed by atoms with Crippen LogP contribution in [0.1, 0.15) is 37.3 Å². The molecule has 2 fully saturated rings. The molecule has 256 valence electrons. The third-order valence-corrected chi connectivity index (χ3v) is 9.56. The number of nitrogen functional groups attached to an aromatic ring is 1. The van der Waals surface area contributed by atoms with Gasteiger partial charge in [0, 0.05) is 50.6 Å². The summed E-state index contributed by atoms with van der Waals surface area (Å²) in [5, 5.41) is -0.196. The molecular weight excluding hydrogens is 642 g/mol. The van der Waals surface area contributed by atoms with Gasteiger partial charge in [0.15, 0.2) is 11.6 Å². The molecule has 2 aliphatic heterocycles. The van der Waals surface area contributed by atoms with Crippen molar-refractivity contribution in [2.75, 3.05) is 83.9 Å². The van der Waals surface area contributed by atoms with Crippen molar-refractivity contribution in [3.63, 3.8) is 0 Å². The fraction of sp³-hybridized carbons (Fsp3) is 0.594. The van der Waals surface area contributed by atoms with Crippen molar-refractivity contribution in [3.05, 3.63) is 28.0 Å². The van der Waals surface area contributed by atoms with Crippen LogP contribution in [0.15, 0.2) is 6.07 Å². The molecule has 1 saturated carbocycles. The van der Waals surface area contributed by atoms with E-state index in [0.717, 1.165) is 38.5 Å². The van der Waals surface area contributed by atoms with Gasteiger partial charge < -0.3 is 29.7 Å². The van der Waals surface area contributed by atoms with E-state index in [-0.39, 0.29) is 57.1 Å². The van der Waals surface area contributed by atoms with Gasteiger partial charge in [0.05, 0.1) is 53.7 Å². The van der Waals surface area contributed by atoms with Crippen LogP contribution < -0.4 is 20.1 Å². The maximum atomic E-state index is 16.9. The second-order valence-corrected chi connectivity index (χ2v) is 13.5. The SMILES string of the molecule is Cc1cc(N)nc(-c2c(Cl)c3c4c(nc(OCC5(CN6CCOCC6)CC5)nc4c2F)N(CCN(C)C)[C@H](C)CCO3)c1C(F)(F)F. The second-order valence-electron chi connectivity index (χ2n) is 13.1. The van der Waals surface area contributed by atoms with E-state index in [1.807, 2.05) is 30.8 Å². The van der Waals surface area contributed by atoms with Crippen molar-refractivity contribution < 1.29 is 31.8 Å². The summed E-state index contributed by atoms with van der Waals surface area (Å²) in [6, 6.07) is 0.937. The number of pyridine rings is 1. The Hall–Kier alpha value is -3.20. The number of aryl methyl sites for hydroxylation is 1. The number of aromatic nitrogens is 3. The van der Waals surface area contributed by atoms with Crippen LogP contribution in [0.4, 0.5) is 29.2 Å². The number of halogens is 5. The highest BCUT2D eigenvalue weighted by Gasteiger charge is 2.45. The van der Waals surface area contributed by atoms with Gasteiger partial charge in [-0.3, -0.25) is 4.90 Å². The minimum Gasteiger partial charge on any atom is -0.491 e. The molecule has 0 unspecified atom stereocenters. The maximum absolute atomic E-state index is 16.9. The second kappa shape index (κ2) is 13.0. The Morgan fingerprint density at radius 1 is 1.15 bits per heavy atom. The van der Waals surface area contributed by atoms with Crippen molar-refractivity contribution in [2.24, 2.45) is 5.41 Å². The number of morpholine rings is 1. The van der Waals surface area contributed by atoms with Gasteiger partial charge in [-0.1, -0.05) is 11.6 Å². The molecule has 0 spiro atoms. The number of nitrogens with zero attached hydrogens (tertiary/aromatic N) is 6. The summed E-state index contributed by atoms with van der Waals surface area (Å²) in [5.74, 6) is -0.977. The molecule has 1 aliphatic carbocycles.